The fourth-order valence-corrected chi connectivity index (χ4v) is 6.39. The van der Waals surface area contributed by atoms with E-state index in [2.05, 4.69) is 14.8 Å². The van der Waals surface area contributed by atoms with Gasteiger partial charge < -0.3 is 15.2 Å². The number of anilines is 2. The van der Waals surface area contributed by atoms with Crippen LogP contribution in [0.25, 0.3) is 33.3 Å². The molecule has 0 amide bonds. The Morgan fingerprint density at radius 3 is 2.53 bits per heavy atom. The number of nitrogens with two attached hydrogens (primary N) is 1. The minimum absolute atomic E-state index is 0.177. The zero-order valence-electron chi connectivity index (χ0n) is 25.7. The fourth-order valence-electron chi connectivity index (χ4n) is 6.01. The van der Waals surface area contributed by atoms with E-state index in [4.69, 9.17) is 15.6 Å². The number of aryl methyl sites for hydroxylation is 1. The second-order valence-electron chi connectivity index (χ2n) is 11.5. The number of hydrogen-bond acceptors (Lipinski definition) is 8. The van der Waals surface area contributed by atoms with Crippen LogP contribution in [0.2, 0.25) is 0 Å². The van der Waals surface area contributed by atoms with Crippen molar-refractivity contribution in [3.8, 4) is 28.1 Å². The summed E-state index contributed by atoms with van der Waals surface area (Å²) >= 11 is 0.237. The predicted molar refractivity (Wildman–Crippen MR) is 173 cm³/mol. The first kappa shape index (κ1) is 32.6. The van der Waals surface area contributed by atoms with Gasteiger partial charge in [0.05, 0.1) is 34.9 Å². The van der Waals surface area contributed by atoms with Crippen molar-refractivity contribution in [1.29, 1.82) is 0 Å². The van der Waals surface area contributed by atoms with Crippen LogP contribution < -0.4 is 15.2 Å². The number of nitrogen functional groups attached to an aromatic ring is 1. The van der Waals surface area contributed by atoms with E-state index >= 15 is 0 Å². The van der Waals surface area contributed by atoms with E-state index in [1.165, 1.54) is 12.1 Å². The quantitative estimate of drug-likeness (QED) is 0.116. The van der Waals surface area contributed by atoms with Gasteiger partial charge in [0.2, 0.25) is 0 Å². The van der Waals surface area contributed by atoms with Gasteiger partial charge in [-0.05, 0) is 56.6 Å². The van der Waals surface area contributed by atoms with Crippen LogP contribution in [-0.4, -0.2) is 61.3 Å². The highest BCUT2D eigenvalue weighted by atomic mass is 32.2. The van der Waals surface area contributed by atoms with Crippen molar-refractivity contribution in [2.45, 2.75) is 50.1 Å². The minimum atomic E-state index is -2.67. The Morgan fingerprint density at radius 1 is 1.04 bits per heavy atom. The monoisotopic (exact) mass is 672 g/mol. The molecule has 0 bridgehead atoms. The number of fused-ring (bicyclic) bond motifs is 1. The molecule has 5 aromatic rings. The van der Waals surface area contributed by atoms with E-state index in [-0.39, 0.29) is 41.8 Å². The highest BCUT2D eigenvalue weighted by Crippen LogP contribution is 2.41. The summed E-state index contributed by atoms with van der Waals surface area (Å²) in [6.07, 6.45) is 3.13. The van der Waals surface area contributed by atoms with Gasteiger partial charge in [0.1, 0.15) is 29.2 Å². The highest BCUT2D eigenvalue weighted by Gasteiger charge is 2.33. The summed E-state index contributed by atoms with van der Waals surface area (Å²) < 4.78 is 79.3. The lowest BCUT2D eigenvalue weighted by atomic mass is 9.98. The molecule has 1 fully saturated rings. The van der Waals surface area contributed by atoms with Crippen molar-refractivity contribution in [2.24, 2.45) is 7.05 Å². The van der Waals surface area contributed by atoms with Crippen LogP contribution >= 0.6 is 11.9 Å². The molecule has 3 aromatic heterocycles. The van der Waals surface area contributed by atoms with Crippen LogP contribution in [0.3, 0.4) is 0 Å². The molecule has 1 aliphatic heterocycles. The molecule has 2 aromatic carbocycles. The lowest BCUT2D eigenvalue weighted by Crippen LogP contribution is -2.44. The number of alkyl halides is 4. The summed E-state index contributed by atoms with van der Waals surface area (Å²) in [5, 5.41) is 9.87. The maximum atomic E-state index is 13.6. The average Bonchev–Trinajstić information content (AvgIpc) is 3.67. The first-order valence-electron chi connectivity index (χ1n) is 14.9. The normalized spacial score (nSPS) is 17.9. The van der Waals surface area contributed by atoms with Crippen molar-refractivity contribution >= 4 is 34.4 Å². The van der Waals surface area contributed by atoms with Crippen LogP contribution in [0, 0.1) is 5.82 Å². The predicted octanol–water partition coefficient (Wildman–Crippen LogP) is 7.54. The summed E-state index contributed by atoms with van der Waals surface area (Å²) in [5.41, 5.74) is 10.6. The number of nitrogens with zero attached hydrogens (tertiary/aromatic N) is 6. The topological polar surface area (TPSA) is 99.0 Å². The van der Waals surface area contributed by atoms with Crippen LogP contribution in [-0.2, 0) is 7.05 Å². The molecule has 3 atom stereocenters. The van der Waals surface area contributed by atoms with Crippen LogP contribution in [0.15, 0.2) is 61.1 Å². The standard InChI is InChI=1S/C32H33F5N8OS/c1-17(18-4-7-21(33)8-5-18)46-26-12-19(6-9-24(26)42-47-32(36)37)28-27-29(44(3)41-28)23(15-39-31(27)38)20-14-40-45(16-20)22-10-11-43(2)25(13-22)30(34)35/h4-9,12,14-17,22,25,30,32,42H,10-11,13H2,1-3H3,(H2,38,39). The number of hydrogen-bond donors (Lipinski definition) is 2. The molecule has 3 unspecified atom stereocenters. The molecule has 0 radical (unpaired) electrons. The molecule has 3 N–H and O–H groups in total. The van der Waals surface area contributed by atoms with Gasteiger partial charge in [0.25, 0.3) is 6.43 Å². The number of likely N-dealkylation sites (tertiary alicyclic amines) is 1. The molecule has 0 spiro atoms. The summed E-state index contributed by atoms with van der Waals surface area (Å²) in [7, 11) is 3.48. The minimum Gasteiger partial charge on any atom is -0.484 e. The lowest BCUT2D eigenvalue weighted by molar-refractivity contribution is 0.00286. The van der Waals surface area contributed by atoms with Crippen LogP contribution in [0.1, 0.15) is 37.5 Å². The van der Waals surface area contributed by atoms with Crippen molar-refractivity contribution in [3.63, 3.8) is 0 Å². The molecular formula is C32H33F5N8OS. The Morgan fingerprint density at radius 2 is 1.81 bits per heavy atom. The molecule has 4 heterocycles. The number of aromatic nitrogens is 5. The van der Waals surface area contributed by atoms with Crippen molar-refractivity contribution < 1.29 is 26.7 Å². The Kier molecular flexibility index (Phi) is 9.28. The van der Waals surface area contributed by atoms with E-state index in [1.54, 1.807) is 78.0 Å². The van der Waals surface area contributed by atoms with Gasteiger partial charge in [-0.25, -0.2) is 18.2 Å². The fraction of sp³-hybridized carbons (Fsp3) is 0.344. The third-order valence-corrected chi connectivity index (χ3v) is 9.04. The first-order chi connectivity index (χ1) is 22.5. The number of ether oxygens (including phenoxy) is 1. The molecule has 47 heavy (non-hydrogen) atoms. The highest BCUT2D eigenvalue weighted by molar-refractivity contribution is 8.00. The summed E-state index contributed by atoms with van der Waals surface area (Å²) in [4.78, 5) is 6.15. The number of benzene rings is 2. The van der Waals surface area contributed by atoms with E-state index in [0.717, 1.165) is 5.56 Å². The van der Waals surface area contributed by atoms with Crippen LogP contribution in [0.4, 0.5) is 33.5 Å². The third-order valence-electron chi connectivity index (χ3n) is 8.52. The van der Waals surface area contributed by atoms with Crippen molar-refractivity contribution in [2.75, 3.05) is 24.0 Å². The Hall–Kier alpha value is -4.37. The van der Waals surface area contributed by atoms with Crippen LogP contribution in [0.5, 0.6) is 5.75 Å². The van der Waals surface area contributed by atoms with E-state index in [9.17, 15) is 22.0 Å². The van der Waals surface area contributed by atoms with Gasteiger partial charge in [0.15, 0.2) is 0 Å². The summed E-state index contributed by atoms with van der Waals surface area (Å²) in [6.45, 7) is 2.31. The number of halogens is 5. The molecule has 0 saturated carbocycles. The number of pyridine rings is 1. The zero-order chi connectivity index (χ0) is 33.4. The Bertz CT molecular complexity index is 1860. The zero-order valence-corrected chi connectivity index (χ0v) is 26.6. The lowest BCUT2D eigenvalue weighted by Gasteiger charge is -2.36. The summed E-state index contributed by atoms with van der Waals surface area (Å²) in [5.74, 6) is -2.56. The smallest absolute Gasteiger partial charge is 0.302 e. The number of nitrogens with one attached hydrogen (secondary N) is 1. The Labute approximate surface area is 272 Å². The van der Waals surface area contributed by atoms with Gasteiger partial charge in [-0.2, -0.15) is 19.0 Å². The second kappa shape index (κ2) is 13.4. The van der Waals surface area contributed by atoms with Gasteiger partial charge >= 0.3 is 5.76 Å². The molecule has 0 aliphatic carbocycles. The molecule has 9 nitrogen and oxygen atoms in total. The SMILES string of the molecule is CC(Oc1cc(-c2nn(C)c3c(-c4cnn(C5CCN(C)C(C(F)F)C5)c4)cnc(N)c23)ccc1NSC(F)F)c1ccc(F)cc1. The molecule has 1 aliphatic rings. The van der Waals surface area contributed by atoms with E-state index < -0.39 is 24.3 Å². The molecule has 6 rings (SSSR count). The van der Waals surface area contributed by atoms with Gasteiger partial charge in [-0.3, -0.25) is 14.3 Å². The first-order valence-corrected chi connectivity index (χ1v) is 15.8. The maximum absolute atomic E-state index is 13.6. The van der Waals surface area contributed by atoms with E-state index in [0.29, 0.717) is 51.9 Å². The molecule has 1 saturated heterocycles. The van der Waals surface area contributed by atoms with E-state index in [1.807, 2.05) is 6.20 Å². The third kappa shape index (κ3) is 6.72. The Balaban J connectivity index is 1.36. The van der Waals surface area contributed by atoms with Crippen molar-refractivity contribution in [3.05, 3.63) is 72.4 Å². The largest absolute Gasteiger partial charge is 0.484 e. The maximum Gasteiger partial charge on any atom is 0.302 e. The second-order valence-corrected chi connectivity index (χ2v) is 12.3. The van der Waals surface area contributed by atoms with Gasteiger partial charge in [-0.1, -0.05) is 18.2 Å². The molecule has 248 valence electrons. The van der Waals surface area contributed by atoms with Gasteiger partial charge in [-0.15, -0.1) is 0 Å². The number of rotatable bonds is 10. The molecular weight excluding hydrogens is 639 g/mol. The average molecular weight is 673 g/mol. The number of piperidine rings is 1. The molecule has 15 heteroatoms. The van der Waals surface area contributed by atoms with Crippen molar-refractivity contribution in [1.82, 2.24) is 29.4 Å². The summed E-state index contributed by atoms with van der Waals surface area (Å²) in [6, 6.07) is 9.83. The van der Waals surface area contributed by atoms with Gasteiger partial charge in [0, 0.05) is 54.6 Å².